The van der Waals surface area contributed by atoms with Crippen molar-refractivity contribution in [3.8, 4) is 0 Å². The minimum absolute atomic E-state index is 0.462. The van der Waals surface area contributed by atoms with E-state index in [1.165, 1.54) is 64.5 Å². The Hall–Kier alpha value is -0.0800. The first-order valence-corrected chi connectivity index (χ1v) is 8.15. The molecule has 2 N–H and O–H groups in total. The predicted octanol–water partition coefficient (Wildman–Crippen LogP) is 3.02. The van der Waals surface area contributed by atoms with E-state index in [2.05, 4.69) is 11.8 Å². The first-order valence-electron chi connectivity index (χ1n) is 8.15. The molecule has 0 radical (unpaired) electrons. The van der Waals surface area contributed by atoms with E-state index in [1.54, 1.807) is 0 Å². The van der Waals surface area contributed by atoms with Crippen molar-refractivity contribution in [2.45, 2.75) is 64.3 Å². The Balaban J connectivity index is 1.59. The summed E-state index contributed by atoms with van der Waals surface area (Å²) < 4.78 is 0. The fourth-order valence-corrected chi connectivity index (χ4v) is 3.65. The van der Waals surface area contributed by atoms with Crippen molar-refractivity contribution in [1.82, 2.24) is 4.90 Å². The Morgan fingerprint density at radius 3 is 2.22 bits per heavy atom. The normalized spacial score (nSPS) is 37.2. The maximum Gasteiger partial charge on any atom is 0.00967 e. The van der Waals surface area contributed by atoms with E-state index in [-0.39, 0.29) is 0 Å². The van der Waals surface area contributed by atoms with Crippen LogP contribution >= 0.6 is 0 Å². The second kappa shape index (κ2) is 5.13. The summed E-state index contributed by atoms with van der Waals surface area (Å²) in [4.78, 5) is 2.82. The van der Waals surface area contributed by atoms with Crippen LogP contribution in [0, 0.1) is 17.3 Å². The van der Waals surface area contributed by atoms with Gasteiger partial charge in [-0.1, -0.05) is 19.8 Å². The molecule has 0 aromatic rings. The summed E-state index contributed by atoms with van der Waals surface area (Å²) in [6, 6.07) is 0.924. The summed E-state index contributed by atoms with van der Waals surface area (Å²) in [6.07, 6.45) is 11.4. The van der Waals surface area contributed by atoms with Gasteiger partial charge in [0, 0.05) is 19.1 Å². The summed E-state index contributed by atoms with van der Waals surface area (Å²) in [5.41, 5.74) is 6.63. The molecule has 0 spiro atoms. The molecule has 18 heavy (non-hydrogen) atoms. The SMILES string of the molecule is CC1CCC(CN)(CN(CC2CC2)C2CC2)CC1. The highest BCUT2D eigenvalue weighted by atomic mass is 15.2. The Kier molecular flexibility index (Phi) is 3.68. The lowest BCUT2D eigenvalue weighted by atomic mass is 9.70. The molecule has 0 atom stereocenters. The van der Waals surface area contributed by atoms with Gasteiger partial charge in [-0.3, -0.25) is 4.90 Å². The summed E-state index contributed by atoms with van der Waals surface area (Å²) in [7, 11) is 0. The van der Waals surface area contributed by atoms with Gasteiger partial charge in [-0.2, -0.15) is 0 Å². The highest BCUT2D eigenvalue weighted by Crippen LogP contribution is 2.42. The number of hydrogen-bond acceptors (Lipinski definition) is 2. The first kappa shape index (κ1) is 12.9. The van der Waals surface area contributed by atoms with Crippen LogP contribution in [-0.4, -0.2) is 30.6 Å². The topological polar surface area (TPSA) is 29.3 Å². The zero-order chi connectivity index (χ0) is 12.6. The Morgan fingerprint density at radius 2 is 1.72 bits per heavy atom. The average molecular weight is 250 g/mol. The highest BCUT2D eigenvalue weighted by molar-refractivity contribution is 4.95. The van der Waals surface area contributed by atoms with Crippen molar-refractivity contribution in [3.05, 3.63) is 0 Å². The van der Waals surface area contributed by atoms with Crippen molar-refractivity contribution in [2.75, 3.05) is 19.6 Å². The fourth-order valence-electron chi connectivity index (χ4n) is 3.65. The van der Waals surface area contributed by atoms with Gasteiger partial charge in [-0.25, -0.2) is 0 Å². The van der Waals surface area contributed by atoms with Gasteiger partial charge in [0.2, 0.25) is 0 Å². The smallest absolute Gasteiger partial charge is 0.00967 e. The second-order valence-electron chi connectivity index (χ2n) is 7.49. The van der Waals surface area contributed by atoms with Gasteiger partial charge in [0.05, 0.1) is 0 Å². The van der Waals surface area contributed by atoms with Crippen LogP contribution in [0.1, 0.15) is 58.3 Å². The minimum Gasteiger partial charge on any atom is -0.330 e. The number of rotatable bonds is 6. The molecule has 3 aliphatic carbocycles. The predicted molar refractivity (Wildman–Crippen MR) is 76.4 cm³/mol. The fraction of sp³-hybridized carbons (Fsp3) is 1.00. The minimum atomic E-state index is 0.462. The largest absolute Gasteiger partial charge is 0.330 e. The maximum absolute atomic E-state index is 6.17. The van der Waals surface area contributed by atoms with Crippen LogP contribution in [0.15, 0.2) is 0 Å². The molecule has 0 amide bonds. The molecule has 0 aromatic carbocycles. The summed E-state index contributed by atoms with van der Waals surface area (Å²) >= 11 is 0. The van der Waals surface area contributed by atoms with Crippen LogP contribution < -0.4 is 5.73 Å². The van der Waals surface area contributed by atoms with E-state index in [9.17, 15) is 0 Å². The first-order chi connectivity index (χ1) is 8.71. The molecule has 0 unspecified atom stereocenters. The number of nitrogens with two attached hydrogens (primary N) is 1. The van der Waals surface area contributed by atoms with Crippen molar-refractivity contribution < 1.29 is 0 Å². The van der Waals surface area contributed by atoms with Crippen molar-refractivity contribution in [3.63, 3.8) is 0 Å². The van der Waals surface area contributed by atoms with E-state index in [1.807, 2.05) is 0 Å². The van der Waals surface area contributed by atoms with Gasteiger partial charge >= 0.3 is 0 Å². The lowest BCUT2D eigenvalue weighted by Crippen LogP contribution is -2.46. The molecule has 0 heterocycles. The van der Waals surface area contributed by atoms with E-state index in [0.717, 1.165) is 24.4 Å². The van der Waals surface area contributed by atoms with E-state index in [0.29, 0.717) is 5.41 Å². The Bertz CT molecular complexity index is 273. The van der Waals surface area contributed by atoms with Crippen LogP contribution in [0.2, 0.25) is 0 Å². The van der Waals surface area contributed by atoms with Gasteiger partial charge in [0.25, 0.3) is 0 Å². The molecule has 0 aromatic heterocycles. The van der Waals surface area contributed by atoms with Gasteiger partial charge < -0.3 is 5.73 Å². The molecule has 2 heteroatoms. The van der Waals surface area contributed by atoms with E-state index < -0.39 is 0 Å². The third-order valence-corrected chi connectivity index (χ3v) is 5.56. The van der Waals surface area contributed by atoms with Gasteiger partial charge in [-0.05, 0) is 62.3 Å². The Labute approximate surface area is 112 Å². The van der Waals surface area contributed by atoms with Crippen LogP contribution in [0.25, 0.3) is 0 Å². The molecular formula is C16H30N2. The molecule has 104 valence electrons. The average Bonchev–Trinajstić information content (AvgIpc) is 3.25. The third kappa shape index (κ3) is 3.08. The summed E-state index contributed by atoms with van der Waals surface area (Å²) in [5, 5.41) is 0. The van der Waals surface area contributed by atoms with Crippen LogP contribution in [0.4, 0.5) is 0 Å². The molecule has 2 nitrogen and oxygen atoms in total. The summed E-state index contributed by atoms with van der Waals surface area (Å²) in [5.74, 6) is 1.96. The molecule has 3 rings (SSSR count). The molecule has 0 saturated heterocycles. The Morgan fingerprint density at radius 1 is 1.06 bits per heavy atom. The molecule has 3 fully saturated rings. The van der Waals surface area contributed by atoms with E-state index in [4.69, 9.17) is 5.73 Å². The quantitative estimate of drug-likeness (QED) is 0.785. The van der Waals surface area contributed by atoms with Crippen molar-refractivity contribution in [2.24, 2.45) is 23.0 Å². The lowest BCUT2D eigenvalue weighted by molar-refractivity contribution is 0.0874. The van der Waals surface area contributed by atoms with Crippen LogP contribution in [-0.2, 0) is 0 Å². The van der Waals surface area contributed by atoms with Gasteiger partial charge in [0.15, 0.2) is 0 Å². The van der Waals surface area contributed by atoms with Gasteiger partial charge in [0.1, 0.15) is 0 Å². The third-order valence-electron chi connectivity index (χ3n) is 5.56. The van der Waals surface area contributed by atoms with Crippen LogP contribution in [0.3, 0.4) is 0 Å². The molecular weight excluding hydrogens is 220 g/mol. The lowest BCUT2D eigenvalue weighted by Gasteiger charge is -2.42. The highest BCUT2D eigenvalue weighted by Gasteiger charge is 2.40. The zero-order valence-corrected chi connectivity index (χ0v) is 12.0. The van der Waals surface area contributed by atoms with E-state index >= 15 is 0 Å². The standard InChI is InChI=1S/C16H30N2/c1-13-6-8-16(11-17,9-7-13)12-18(15-4-5-15)10-14-2-3-14/h13-15H,2-12,17H2,1H3. The number of nitrogens with zero attached hydrogens (tertiary/aromatic N) is 1. The molecule has 3 aliphatic rings. The second-order valence-corrected chi connectivity index (χ2v) is 7.49. The monoisotopic (exact) mass is 250 g/mol. The molecule has 0 aliphatic heterocycles. The zero-order valence-electron chi connectivity index (χ0n) is 12.0. The summed E-state index contributed by atoms with van der Waals surface area (Å²) in [6.45, 7) is 6.00. The van der Waals surface area contributed by atoms with Gasteiger partial charge in [-0.15, -0.1) is 0 Å². The van der Waals surface area contributed by atoms with Crippen LogP contribution in [0.5, 0.6) is 0 Å². The molecule has 3 saturated carbocycles. The number of hydrogen-bond donors (Lipinski definition) is 1. The van der Waals surface area contributed by atoms with Crippen molar-refractivity contribution in [1.29, 1.82) is 0 Å². The molecule has 0 bridgehead atoms. The maximum atomic E-state index is 6.17. The van der Waals surface area contributed by atoms with Crippen molar-refractivity contribution >= 4 is 0 Å².